The number of rotatable bonds is 8. The Morgan fingerprint density at radius 2 is 1.60 bits per heavy atom. The zero-order valence-corrected chi connectivity index (χ0v) is 20.9. The smallest absolute Gasteiger partial charge is 0.340 e. The number of likely N-dealkylation sites (N-methyl/N-ethyl adjacent to an activating group) is 1. The lowest BCUT2D eigenvalue weighted by atomic mass is 9.77. The third-order valence-electron chi connectivity index (χ3n) is 6.78. The van der Waals surface area contributed by atoms with Gasteiger partial charge in [-0.05, 0) is 44.3 Å². The first-order chi connectivity index (χ1) is 17.0. The van der Waals surface area contributed by atoms with Gasteiger partial charge in [0.1, 0.15) is 17.7 Å². The minimum Gasteiger partial charge on any atom is -0.456 e. The predicted molar refractivity (Wildman–Crippen MR) is 136 cm³/mol. The molecule has 0 aromatic heterocycles. The van der Waals surface area contributed by atoms with Gasteiger partial charge in [0.15, 0.2) is 5.60 Å². The third kappa shape index (κ3) is 3.86. The standard InChI is InChI=1S/C28H29ClN2O4/c1-4-30(5-2)26(33-6-3)18-31(29)19-15-16-23-25(17-19)34-24-14-10-9-13-22(24)28(23)21-12-8-7-11-20(21)27(32)35-28/h7-17,26H,4-6,18H2,1-3H3. The van der Waals surface area contributed by atoms with Crippen molar-refractivity contribution in [1.29, 1.82) is 0 Å². The number of hydrogen-bond donors (Lipinski definition) is 0. The van der Waals surface area contributed by atoms with Gasteiger partial charge in [0.05, 0.1) is 17.8 Å². The summed E-state index contributed by atoms with van der Waals surface area (Å²) in [5.41, 5.74) is 2.66. The van der Waals surface area contributed by atoms with Gasteiger partial charge >= 0.3 is 5.97 Å². The summed E-state index contributed by atoms with van der Waals surface area (Å²) in [6.07, 6.45) is -0.140. The van der Waals surface area contributed by atoms with Gasteiger partial charge in [0.2, 0.25) is 0 Å². The van der Waals surface area contributed by atoms with E-state index < -0.39 is 5.60 Å². The van der Waals surface area contributed by atoms with Crippen molar-refractivity contribution < 1.29 is 19.0 Å². The topological polar surface area (TPSA) is 51.2 Å². The van der Waals surface area contributed by atoms with Crippen LogP contribution in [0.4, 0.5) is 5.69 Å². The second-order valence-electron chi connectivity index (χ2n) is 8.57. The Bertz CT molecular complexity index is 1250. The normalized spacial score (nSPS) is 18.5. The lowest BCUT2D eigenvalue weighted by Crippen LogP contribution is -2.43. The number of hydrogen-bond acceptors (Lipinski definition) is 6. The van der Waals surface area contributed by atoms with E-state index in [4.69, 9.17) is 26.0 Å². The number of para-hydroxylation sites is 1. The van der Waals surface area contributed by atoms with Crippen LogP contribution in [0.3, 0.4) is 0 Å². The molecule has 0 saturated heterocycles. The average molecular weight is 493 g/mol. The third-order valence-corrected chi connectivity index (χ3v) is 7.11. The number of nitrogens with zero attached hydrogens (tertiary/aromatic N) is 2. The highest BCUT2D eigenvalue weighted by molar-refractivity contribution is 6.25. The molecule has 0 bridgehead atoms. The molecule has 0 aliphatic carbocycles. The van der Waals surface area contributed by atoms with Crippen LogP contribution >= 0.6 is 11.8 Å². The monoisotopic (exact) mass is 492 g/mol. The summed E-state index contributed by atoms with van der Waals surface area (Å²) in [5.74, 6) is 0.912. The van der Waals surface area contributed by atoms with Gasteiger partial charge in [-0.1, -0.05) is 50.2 Å². The van der Waals surface area contributed by atoms with Crippen molar-refractivity contribution in [3.63, 3.8) is 0 Å². The molecule has 3 aromatic rings. The second-order valence-corrected chi connectivity index (χ2v) is 8.98. The molecule has 35 heavy (non-hydrogen) atoms. The fourth-order valence-electron chi connectivity index (χ4n) is 5.10. The molecule has 0 N–H and O–H groups in total. The molecule has 1 spiro atoms. The first-order valence-corrected chi connectivity index (χ1v) is 12.4. The molecular formula is C28H29ClN2O4. The number of halogens is 1. The number of benzene rings is 3. The number of carbonyl (C=O) groups is 1. The number of anilines is 1. The van der Waals surface area contributed by atoms with Crippen molar-refractivity contribution in [2.45, 2.75) is 32.6 Å². The predicted octanol–water partition coefficient (Wildman–Crippen LogP) is 5.92. The van der Waals surface area contributed by atoms with Gasteiger partial charge in [-0.15, -0.1) is 0 Å². The van der Waals surface area contributed by atoms with Crippen LogP contribution in [0.25, 0.3) is 0 Å². The van der Waals surface area contributed by atoms with E-state index in [1.165, 1.54) is 0 Å². The van der Waals surface area contributed by atoms with Crippen molar-refractivity contribution in [2.75, 3.05) is 30.7 Å². The Balaban J connectivity index is 1.57. The molecule has 0 amide bonds. The van der Waals surface area contributed by atoms with Crippen molar-refractivity contribution in [3.05, 3.63) is 89.0 Å². The molecule has 0 fully saturated rings. The Kier molecular flexibility index (Phi) is 6.45. The minimum atomic E-state index is -1.07. The summed E-state index contributed by atoms with van der Waals surface area (Å²) >= 11 is 6.78. The van der Waals surface area contributed by atoms with Gasteiger partial charge in [-0.25, -0.2) is 4.79 Å². The van der Waals surface area contributed by atoms with Gasteiger partial charge in [-0.3, -0.25) is 9.32 Å². The van der Waals surface area contributed by atoms with E-state index in [1.54, 1.807) is 10.5 Å². The molecule has 2 atom stereocenters. The fraction of sp³-hybridized carbons (Fsp3) is 0.321. The molecule has 0 radical (unpaired) electrons. The van der Waals surface area contributed by atoms with Crippen LogP contribution < -0.4 is 9.16 Å². The fourth-order valence-corrected chi connectivity index (χ4v) is 5.33. The lowest BCUT2D eigenvalue weighted by Gasteiger charge is -2.37. The summed E-state index contributed by atoms with van der Waals surface area (Å²) < 4.78 is 20.1. The number of esters is 1. The zero-order chi connectivity index (χ0) is 24.6. The van der Waals surface area contributed by atoms with E-state index in [1.807, 2.05) is 67.6 Å². The molecule has 2 aliphatic rings. The summed E-state index contributed by atoms with van der Waals surface area (Å²) in [6.45, 7) is 9.02. The molecule has 5 rings (SSSR count). The average Bonchev–Trinajstić information content (AvgIpc) is 3.17. The van der Waals surface area contributed by atoms with Crippen molar-refractivity contribution in [2.24, 2.45) is 0 Å². The molecule has 2 heterocycles. The van der Waals surface area contributed by atoms with Crippen LogP contribution in [-0.4, -0.2) is 43.3 Å². The van der Waals surface area contributed by atoms with Crippen LogP contribution in [0.2, 0.25) is 0 Å². The van der Waals surface area contributed by atoms with E-state index in [0.717, 1.165) is 35.5 Å². The number of ether oxygens (including phenoxy) is 3. The van der Waals surface area contributed by atoms with Gasteiger partial charge in [-0.2, -0.15) is 0 Å². The molecule has 2 unspecified atom stereocenters. The molecule has 0 saturated carbocycles. The van der Waals surface area contributed by atoms with Crippen molar-refractivity contribution in [3.8, 4) is 11.5 Å². The molecule has 2 aliphatic heterocycles. The number of fused-ring (bicyclic) bond motifs is 6. The maximum Gasteiger partial charge on any atom is 0.340 e. The Morgan fingerprint density at radius 1 is 0.914 bits per heavy atom. The van der Waals surface area contributed by atoms with Gasteiger partial charge in [0, 0.05) is 41.1 Å². The zero-order valence-electron chi connectivity index (χ0n) is 20.2. The highest BCUT2D eigenvalue weighted by Crippen LogP contribution is 2.56. The summed E-state index contributed by atoms with van der Waals surface area (Å²) in [6, 6.07) is 21.0. The van der Waals surface area contributed by atoms with E-state index in [2.05, 4.69) is 18.7 Å². The quantitative estimate of drug-likeness (QED) is 0.221. The summed E-state index contributed by atoms with van der Waals surface area (Å²) in [7, 11) is 0. The largest absolute Gasteiger partial charge is 0.456 e. The highest BCUT2D eigenvalue weighted by atomic mass is 35.5. The molecule has 7 heteroatoms. The first-order valence-electron chi connectivity index (χ1n) is 12.1. The molecule has 6 nitrogen and oxygen atoms in total. The van der Waals surface area contributed by atoms with Crippen LogP contribution in [0, 0.1) is 0 Å². The second kappa shape index (κ2) is 9.53. The van der Waals surface area contributed by atoms with Gasteiger partial charge in [0.25, 0.3) is 0 Å². The van der Waals surface area contributed by atoms with Crippen LogP contribution in [0.15, 0.2) is 66.7 Å². The Morgan fingerprint density at radius 3 is 2.34 bits per heavy atom. The minimum absolute atomic E-state index is 0.140. The Labute approximate surface area is 211 Å². The molecule has 182 valence electrons. The number of carbonyl (C=O) groups excluding carboxylic acids is 1. The van der Waals surface area contributed by atoms with Crippen LogP contribution in [0.1, 0.15) is 47.8 Å². The maximum atomic E-state index is 12.9. The summed E-state index contributed by atoms with van der Waals surface area (Å²) in [5, 5.41) is 0. The first kappa shape index (κ1) is 23.7. The van der Waals surface area contributed by atoms with Gasteiger partial charge < -0.3 is 14.2 Å². The van der Waals surface area contributed by atoms with Crippen LogP contribution in [0.5, 0.6) is 11.5 Å². The van der Waals surface area contributed by atoms with E-state index in [9.17, 15) is 4.79 Å². The molecular weight excluding hydrogens is 464 g/mol. The lowest BCUT2D eigenvalue weighted by molar-refractivity contribution is -0.0425. The highest BCUT2D eigenvalue weighted by Gasteiger charge is 2.53. The van der Waals surface area contributed by atoms with E-state index >= 15 is 0 Å². The van der Waals surface area contributed by atoms with Crippen molar-refractivity contribution >= 4 is 23.4 Å². The summed E-state index contributed by atoms with van der Waals surface area (Å²) in [4.78, 5) is 15.2. The van der Waals surface area contributed by atoms with E-state index in [0.29, 0.717) is 30.2 Å². The SMILES string of the molecule is CCOC(CN(Cl)c1ccc2c(c1)Oc1ccccc1C21OC(=O)c2ccccc21)N(CC)CC. The maximum absolute atomic E-state index is 12.9. The van der Waals surface area contributed by atoms with E-state index in [-0.39, 0.29) is 12.2 Å². The Hall–Kier alpha value is -3.06. The van der Waals surface area contributed by atoms with Crippen molar-refractivity contribution in [1.82, 2.24) is 4.90 Å². The molecule has 3 aromatic carbocycles. The van der Waals surface area contributed by atoms with Crippen LogP contribution in [-0.2, 0) is 15.1 Å².